The zero-order valence-electron chi connectivity index (χ0n) is 30.6. The quantitative estimate of drug-likeness (QED) is 0.175. The molecule has 3 aromatic heterocycles. The van der Waals surface area contributed by atoms with Crippen molar-refractivity contribution in [3.63, 3.8) is 0 Å². The minimum absolute atomic E-state index is 0.182. The summed E-state index contributed by atoms with van der Waals surface area (Å²) in [6.07, 6.45) is 9.06. The number of hydrogen-bond acceptors (Lipinski definition) is 6. The second-order valence-electron chi connectivity index (χ2n) is 14.7. The van der Waals surface area contributed by atoms with Gasteiger partial charge >= 0.3 is 0 Å². The molecule has 2 aliphatic rings. The van der Waals surface area contributed by atoms with E-state index in [0.717, 1.165) is 38.8 Å². The van der Waals surface area contributed by atoms with Gasteiger partial charge in [0.1, 0.15) is 11.2 Å². The minimum atomic E-state index is 0.182. The molecule has 7 aromatic carbocycles. The van der Waals surface area contributed by atoms with Gasteiger partial charge in [-0.1, -0.05) is 146 Å². The van der Waals surface area contributed by atoms with Crippen LogP contribution < -0.4 is 4.90 Å². The van der Waals surface area contributed by atoms with Gasteiger partial charge in [-0.15, -0.1) is 11.3 Å². The largest absolute Gasteiger partial charge is 0.456 e. The van der Waals surface area contributed by atoms with Gasteiger partial charge in [0.25, 0.3) is 0 Å². The average Bonchev–Trinajstić information content (AvgIpc) is 3.96. The molecule has 0 fully saturated rings. The summed E-state index contributed by atoms with van der Waals surface area (Å²) < 4.78 is 8.92. The third kappa shape index (κ3) is 5.11. The molecule has 4 heterocycles. The Morgan fingerprint density at radius 3 is 1.89 bits per heavy atom. The first kappa shape index (κ1) is 32.1. The van der Waals surface area contributed by atoms with Crippen LogP contribution >= 0.6 is 11.3 Å². The molecule has 57 heavy (non-hydrogen) atoms. The first-order chi connectivity index (χ1) is 28.2. The lowest BCUT2D eigenvalue weighted by Crippen LogP contribution is -2.28. The molecule has 0 amide bonds. The molecule has 0 spiro atoms. The summed E-state index contributed by atoms with van der Waals surface area (Å²) in [5, 5.41) is 4.79. The van der Waals surface area contributed by atoms with E-state index in [-0.39, 0.29) is 12.0 Å². The van der Waals surface area contributed by atoms with E-state index >= 15 is 0 Å². The Hall–Kier alpha value is -7.15. The number of hydrogen-bond donors (Lipinski definition) is 0. The molecule has 2 atom stereocenters. The summed E-state index contributed by atoms with van der Waals surface area (Å²) in [4.78, 5) is 17.5. The lowest BCUT2D eigenvalue weighted by Gasteiger charge is -2.29. The molecule has 0 bridgehead atoms. The fourth-order valence-electron chi connectivity index (χ4n) is 8.85. The van der Waals surface area contributed by atoms with Crippen molar-refractivity contribution in [2.45, 2.75) is 12.0 Å². The summed E-state index contributed by atoms with van der Waals surface area (Å²) in [7, 11) is 0. The lowest BCUT2D eigenvalue weighted by molar-refractivity contribution is 0.669. The smallest absolute Gasteiger partial charge is 0.164 e. The van der Waals surface area contributed by atoms with E-state index in [2.05, 4.69) is 120 Å². The predicted octanol–water partition coefficient (Wildman–Crippen LogP) is 13.5. The summed E-state index contributed by atoms with van der Waals surface area (Å²) in [6, 6.07) is 55.6. The molecule has 0 saturated carbocycles. The van der Waals surface area contributed by atoms with Gasteiger partial charge in [-0.05, 0) is 47.5 Å². The van der Waals surface area contributed by atoms with E-state index in [4.69, 9.17) is 19.4 Å². The Balaban J connectivity index is 1.07. The number of aromatic nitrogens is 3. The van der Waals surface area contributed by atoms with Crippen molar-refractivity contribution in [1.82, 2.24) is 15.0 Å². The molecular formula is C51H32N4OS. The highest BCUT2D eigenvalue weighted by Gasteiger charge is 2.37. The highest BCUT2D eigenvalue weighted by Crippen LogP contribution is 2.52. The number of fused-ring (bicyclic) bond motifs is 10. The third-order valence-electron chi connectivity index (χ3n) is 11.5. The van der Waals surface area contributed by atoms with Crippen LogP contribution in [0, 0.1) is 0 Å². The van der Waals surface area contributed by atoms with Crippen LogP contribution in [0.2, 0.25) is 0 Å². The van der Waals surface area contributed by atoms with Crippen molar-refractivity contribution in [2.75, 3.05) is 4.90 Å². The zero-order valence-corrected chi connectivity index (χ0v) is 31.4. The molecule has 0 radical (unpaired) electrons. The van der Waals surface area contributed by atoms with Gasteiger partial charge in [0, 0.05) is 70.5 Å². The average molecular weight is 749 g/mol. The maximum absolute atomic E-state index is 6.43. The van der Waals surface area contributed by atoms with E-state index in [1.807, 2.05) is 78.1 Å². The van der Waals surface area contributed by atoms with E-state index in [9.17, 15) is 0 Å². The van der Waals surface area contributed by atoms with Gasteiger partial charge < -0.3 is 9.32 Å². The van der Waals surface area contributed by atoms with E-state index < -0.39 is 0 Å². The lowest BCUT2D eigenvalue weighted by atomic mass is 9.91. The standard InChI is InChI=1S/C51H32N4OS/c1-3-13-32(14-4-1)49-52-50(33-15-5-2-6-16-33)54-51(53-49)34-25-23-31(24-26-34)39-29-35(55-41-20-10-7-17-36(41)37-18-8-11-21-42(37)55)30-40-47-45(57-48(39)40)28-27-44-46(47)38-19-9-12-22-43(38)56-44/h1-30,36,41H. The number of rotatable bonds is 5. The molecule has 5 nitrogen and oxygen atoms in total. The Morgan fingerprint density at radius 2 is 1.14 bits per heavy atom. The number of thiophene rings is 1. The third-order valence-corrected chi connectivity index (χ3v) is 12.7. The molecular weight excluding hydrogens is 717 g/mol. The van der Waals surface area contributed by atoms with Crippen molar-refractivity contribution in [2.24, 2.45) is 0 Å². The maximum atomic E-state index is 6.43. The second kappa shape index (κ2) is 12.7. The second-order valence-corrected chi connectivity index (χ2v) is 15.8. The van der Waals surface area contributed by atoms with Gasteiger partial charge in [0.05, 0.1) is 6.04 Å². The van der Waals surface area contributed by atoms with E-state index in [1.54, 1.807) is 0 Å². The first-order valence-electron chi connectivity index (χ1n) is 19.3. The number of allylic oxidation sites excluding steroid dienone is 2. The summed E-state index contributed by atoms with van der Waals surface area (Å²) in [5.74, 6) is 2.23. The molecule has 0 saturated heterocycles. The SMILES string of the molecule is C1=CC2c3ccccc3N(c3cc(-c4ccc(-c5nc(-c6ccccc6)nc(-c6ccccc6)n5)cc4)c4sc5ccc6oc7ccccc7c6c5c4c3)C2C=C1. The van der Waals surface area contributed by atoms with E-state index in [1.165, 1.54) is 48.1 Å². The molecule has 0 N–H and O–H groups in total. The van der Waals surface area contributed by atoms with Crippen LogP contribution in [0.4, 0.5) is 11.4 Å². The zero-order chi connectivity index (χ0) is 37.5. The van der Waals surface area contributed by atoms with Crippen LogP contribution in [-0.2, 0) is 0 Å². The van der Waals surface area contributed by atoms with Gasteiger partial charge in [-0.2, -0.15) is 0 Å². The van der Waals surface area contributed by atoms with Crippen LogP contribution in [-0.4, -0.2) is 21.0 Å². The Labute approximate surface area is 332 Å². The van der Waals surface area contributed by atoms with Crippen molar-refractivity contribution in [1.29, 1.82) is 0 Å². The maximum Gasteiger partial charge on any atom is 0.164 e. The normalized spacial score (nSPS) is 15.9. The monoisotopic (exact) mass is 748 g/mol. The van der Waals surface area contributed by atoms with Gasteiger partial charge in [0.2, 0.25) is 0 Å². The Bertz CT molecular complexity index is 3200. The molecule has 2 unspecified atom stereocenters. The van der Waals surface area contributed by atoms with Gasteiger partial charge in [0.15, 0.2) is 17.5 Å². The molecule has 1 aliphatic carbocycles. The molecule has 12 rings (SSSR count). The fourth-order valence-corrected chi connectivity index (χ4v) is 10.1. The van der Waals surface area contributed by atoms with Crippen molar-refractivity contribution in [3.05, 3.63) is 188 Å². The summed E-state index contributed by atoms with van der Waals surface area (Å²) in [6.45, 7) is 0. The minimum Gasteiger partial charge on any atom is -0.456 e. The summed E-state index contributed by atoms with van der Waals surface area (Å²) in [5.41, 5.74) is 10.8. The highest BCUT2D eigenvalue weighted by molar-refractivity contribution is 7.26. The van der Waals surface area contributed by atoms with E-state index in [0.29, 0.717) is 17.5 Å². The Kier molecular flexibility index (Phi) is 7.16. The Morgan fingerprint density at radius 1 is 0.509 bits per heavy atom. The predicted molar refractivity (Wildman–Crippen MR) is 235 cm³/mol. The van der Waals surface area contributed by atoms with Crippen molar-refractivity contribution >= 4 is 64.8 Å². The van der Waals surface area contributed by atoms with Crippen molar-refractivity contribution < 1.29 is 4.42 Å². The van der Waals surface area contributed by atoms with Crippen LogP contribution in [0.3, 0.4) is 0 Å². The number of anilines is 2. The molecule has 6 heteroatoms. The fraction of sp³-hybridized carbons (Fsp3) is 0.0392. The topological polar surface area (TPSA) is 55.1 Å². The molecule has 10 aromatic rings. The van der Waals surface area contributed by atoms with Crippen LogP contribution in [0.5, 0.6) is 0 Å². The number of furan rings is 1. The van der Waals surface area contributed by atoms with Gasteiger partial charge in [-0.3, -0.25) is 0 Å². The molecule has 268 valence electrons. The summed E-state index contributed by atoms with van der Waals surface area (Å²) >= 11 is 1.85. The number of para-hydroxylation sites is 2. The molecule has 1 aliphatic heterocycles. The van der Waals surface area contributed by atoms with Crippen molar-refractivity contribution in [3.8, 4) is 45.3 Å². The van der Waals surface area contributed by atoms with Gasteiger partial charge in [-0.25, -0.2) is 15.0 Å². The van der Waals surface area contributed by atoms with Crippen LogP contribution in [0.1, 0.15) is 11.5 Å². The van der Waals surface area contributed by atoms with Crippen LogP contribution in [0.25, 0.3) is 87.4 Å². The van der Waals surface area contributed by atoms with Crippen LogP contribution in [0.15, 0.2) is 186 Å². The number of benzene rings is 7. The highest BCUT2D eigenvalue weighted by atomic mass is 32.1. The first-order valence-corrected chi connectivity index (χ1v) is 20.1. The number of nitrogens with zero attached hydrogens (tertiary/aromatic N) is 4.